The van der Waals surface area contributed by atoms with Gasteiger partial charge in [-0.15, -0.1) is 0 Å². The molecule has 0 amide bonds. The Balaban J connectivity index is 2.05. The number of nitriles is 1. The molecule has 0 aliphatic heterocycles. The van der Waals surface area contributed by atoms with Crippen molar-refractivity contribution in [1.29, 1.82) is 5.26 Å². The number of fused-ring (bicyclic) bond motifs is 1. The zero-order valence-electron chi connectivity index (χ0n) is 11.3. The number of rotatable bonds is 2. The Kier molecular flexibility index (Phi) is 3.59. The molecular weight excluding hydrogens is 305 g/mol. The molecule has 3 rings (SSSR count). The summed E-state index contributed by atoms with van der Waals surface area (Å²) < 4.78 is 2.08. The smallest absolute Gasteiger partial charge is 0.107 e. The average Bonchev–Trinajstić information content (AvgIpc) is 2.76. The molecule has 1 aromatic heterocycles. The number of benzene rings is 2. The van der Waals surface area contributed by atoms with Crippen LogP contribution in [0.4, 0.5) is 0 Å². The third kappa shape index (κ3) is 2.61. The van der Waals surface area contributed by atoms with E-state index in [0.717, 1.165) is 22.4 Å². The molecule has 0 unspecified atom stereocenters. The molecule has 0 radical (unpaired) electrons. The molecular formula is C16H11Cl2N3. The van der Waals surface area contributed by atoms with Crippen LogP contribution in [-0.2, 0) is 6.54 Å². The minimum Gasteiger partial charge on any atom is -0.324 e. The molecule has 0 aliphatic rings. The van der Waals surface area contributed by atoms with Crippen molar-refractivity contribution in [3.8, 4) is 6.07 Å². The van der Waals surface area contributed by atoms with E-state index < -0.39 is 0 Å². The van der Waals surface area contributed by atoms with Crippen LogP contribution in [0.1, 0.15) is 17.0 Å². The van der Waals surface area contributed by atoms with Gasteiger partial charge in [-0.2, -0.15) is 5.26 Å². The van der Waals surface area contributed by atoms with Gasteiger partial charge < -0.3 is 4.57 Å². The van der Waals surface area contributed by atoms with Crippen LogP contribution in [0.2, 0.25) is 10.0 Å². The van der Waals surface area contributed by atoms with Crippen molar-refractivity contribution < 1.29 is 0 Å². The van der Waals surface area contributed by atoms with Gasteiger partial charge in [0.1, 0.15) is 5.82 Å². The first kappa shape index (κ1) is 13.9. The van der Waals surface area contributed by atoms with E-state index in [4.69, 9.17) is 28.5 Å². The molecule has 104 valence electrons. The minimum absolute atomic E-state index is 0.507. The fraction of sp³-hybridized carbons (Fsp3) is 0.125. The number of aryl methyl sites for hydroxylation is 1. The summed E-state index contributed by atoms with van der Waals surface area (Å²) in [7, 11) is 0. The van der Waals surface area contributed by atoms with Crippen molar-refractivity contribution in [2.24, 2.45) is 0 Å². The molecule has 3 nitrogen and oxygen atoms in total. The Labute approximate surface area is 132 Å². The molecule has 1 heterocycles. The van der Waals surface area contributed by atoms with Crippen LogP contribution in [0.15, 0.2) is 36.4 Å². The van der Waals surface area contributed by atoms with E-state index in [0.29, 0.717) is 22.2 Å². The van der Waals surface area contributed by atoms with Crippen molar-refractivity contribution in [2.75, 3.05) is 0 Å². The Morgan fingerprint density at radius 1 is 1.14 bits per heavy atom. The summed E-state index contributed by atoms with van der Waals surface area (Å²) in [5.74, 6) is 0.896. The van der Waals surface area contributed by atoms with Crippen LogP contribution < -0.4 is 0 Å². The maximum Gasteiger partial charge on any atom is 0.107 e. The van der Waals surface area contributed by atoms with Gasteiger partial charge in [0.25, 0.3) is 0 Å². The van der Waals surface area contributed by atoms with E-state index >= 15 is 0 Å². The number of imidazole rings is 1. The standard InChI is InChI=1S/C16H11Cl2N3/c1-10-20-15-6-13(17)14(18)7-16(15)21(10)9-12-4-2-11(8-19)3-5-12/h2-7H,9H2,1H3. The van der Waals surface area contributed by atoms with Gasteiger partial charge in [-0.05, 0) is 36.8 Å². The van der Waals surface area contributed by atoms with Crippen LogP contribution in [0.25, 0.3) is 11.0 Å². The monoisotopic (exact) mass is 315 g/mol. The van der Waals surface area contributed by atoms with Crippen molar-refractivity contribution in [3.63, 3.8) is 0 Å². The van der Waals surface area contributed by atoms with Gasteiger partial charge in [-0.3, -0.25) is 0 Å². The van der Waals surface area contributed by atoms with Crippen molar-refractivity contribution in [1.82, 2.24) is 9.55 Å². The van der Waals surface area contributed by atoms with Crippen LogP contribution in [-0.4, -0.2) is 9.55 Å². The molecule has 0 saturated heterocycles. The molecule has 2 aromatic carbocycles. The normalized spacial score (nSPS) is 10.8. The largest absolute Gasteiger partial charge is 0.324 e. The molecule has 0 N–H and O–H groups in total. The van der Waals surface area contributed by atoms with Gasteiger partial charge in [0.05, 0.1) is 32.7 Å². The Morgan fingerprint density at radius 3 is 2.48 bits per heavy atom. The van der Waals surface area contributed by atoms with Crippen molar-refractivity contribution in [2.45, 2.75) is 13.5 Å². The first-order valence-corrected chi connectivity index (χ1v) is 7.15. The average molecular weight is 316 g/mol. The van der Waals surface area contributed by atoms with Gasteiger partial charge >= 0.3 is 0 Å². The summed E-state index contributed by atoms with van der Waals surface area (Å²) in [6.07, 6.45) is 0. The van der Waals surface area contributed by atoms with Gasteiger partial charge in [0, 0.05) is 6.54 Å². The van der Waals surface area contributed by atoms with E-state index in [2.05, 4.69) is 15.6 Å². The van der Waals surface area contributed by atoms with E-state index in [-0.39, 0.29) is 0 Å². The fourth-order valence-corrected chi connectivity index (χ4v) is 2.62. The second-order valence-electron chi connectivity index (χ2n) is 4.81. The summed E-state index contributed by atoms with van der Waals surface area (Å²) in [6, 6.07) is 13.2. The summed E-state index contributed by atoms with van der Waals surface area (Å²) in [5.41, 5.74) is 3.53. The van der Waals surface area contributed by atoms with E-state index in [1.807, 2.05) is 37.3 Å². The SMILES string of the molecule is Cc1nc2cc(Cl)c(Cl)cc2n1Cc1ccc(C#N)cc1. The first-order chi connectivity index (χ1) is 10.1. The maximum atomic E-state index is 8.83. The second kappa shape index (κ2) is 5.40. The molecule has 0 aliphatic carbocycles. The van der Waals surface area contributed by atoms with Crippen LogP contribution in [0.5, 0.6) is 0 Å². The summed E-state index contributed by atoms with van der Waals surface area (Å²) in [5, 5.41) is 9.86. The quantitative estimate of drug-likeness (QED) is 0.695. The highest BCUT2D eigenvalue weighted by molar-refractivity contribution is 6.42. The molecule has 0 bridgehead atoms. The third-order valence-corrected chi connectivity index (χ3v) is 4.13. The summed E-state index contributed by atoms with van der Waals surface area (Å²) in [6.45, 7) is 2.62. The Morgan fingerprint density at radius 2 is 1.81 bits per heavy atom. The molecule has 21 heavy (non-hydrogen) atoms. The lowest BCUT2D eigenvalue weighted by Gasteiger charge is -2.07. The van der Waals surface area contributed by atoms with E-state index in [1.54, 1.807) is 6.07 Å². The number of nitrogens with zero attached hydrogens (tertiary/aromatic N) is 3. The lowest BCUT2D eigenvalue weighted by Crippen LogP contribution is -2.02. The van der Waals surface area contributed by atoms with Gasteiger partial charge in [-0.25, -0.2) is 4.98 Å². The Bertz CT molecular complexity index is 858. The van der Waals surface area contributed by atoms with E-state index in [1.165, 1.54) is 0 Å². The number of aromatic nitrogens is 2. The highest BCUT2D eigenvalue weighted by Crippen LogP contribution is 2.28. The molecule has 3 aromatic rings. The zero-order valence-corrected chi connectivity index (χ0v) is 12.8. The second-order valence-corrected chi connectivity index (χ2v) is 5.62. The lowest BCUT2D eigenvalue weighted by molar-refractivity contribution is 0.786. The van der Waals surface area contributed by atoms with Gasteiger partial charge in [-0.1, -0.05) is 35.3 Å². The fourth-order valence-electron chi connectivity index (χ4n) is 2.31. The molecule has 0 saturated carbocycles. The highest BCUT2D eigenvalue weighted by Gasteiger charge is 2.10. The van der Waals surface area contributed by atoms with Gasteiger partial charge in [0.2, 0.25) is 0 Å². The molecule has 5 heteroatoms. The molecule has 0 spiro atoms. The van der Waals surface area contributed by atoms with Crippen LogP contribution >= 0.6 is 23.2 Å². The predicted molar refractivity (Wildman–Crippen MR) is 84.7 cm³/mol. The number of halogens is 2. The molecule has 0 atom stereocenters. The summed E-state index contributed by atoms with van der Waals surface area (Å²) in [4.78, 5) is 4.51. The zero-order chi connectivity index (χ0) is 15.0. The first-order valence-electron chi connectivity index (χ1n) is 6.39. The lowest BCUT2D eigenvalue weighted by atomic mass is 10.1. The highest BCUT2D eigenvalue weighted by atomic mass is 35.5. The maximum absolute atomic E-state index is 8.83. The molecule has 0 fully saturated rings. The number of hydrogen-bond donors (Lipinski definition) is 0. The predicted octanol–water partition coefficient (Wildman–Crippen LogP) is 4.57. The van der Waals surface area contributed by atoms with E-state index in [9.17, 15) is 0 Å². The van der Waals surface area contributed by atoms with Crippen molar-refractivity contribution >= 4 is 34.2 Å². The van der Waals surface area contributed by atoms with Crippen LogP contribution in [0.3, 0.4) is 0 Å². The van der Waals surface area contributed by atoms with Gasteiger partial charge in [0.15, 0.2) is 0 Å². The van der Waals surface area contributed by atoms with Crippen molar-refractivity contribution in [3.05, 3.63) is 63.4 Å². The van der Waals surface area contributed by atoms with Crippen LogP contribution in [0, 0.1) is 18.3 Å². The number of hydrogen-bond acceptors (Lipinski definition) is 2. The topological polar surface area (TPSA) is 41.6 Å². The third-order valence-electron chi connectivity index (χ3n) is 3.40. The summed E-state index contributed by atoms with van der Waals surface area (Å²) >= 11 is 12.1. The Hall–Kier alpha value is -2.02. The minimum atomic E-state index is 0.507.